The van der Waals surface area contributed by atoms with E-state index in [4.69, 9.17) is 42.9 Å². The van der Waals surface area contributed by atoms with Crippen LogP contribution in [-0.4, -0.2) is 34.4 Å². The van der Waals surface area contributed by atoms with Gasteiger partial charge in [0.2, 0.25) is 0 Å². The van der Waals surface area contributed by atoms with Crippen LogP contribution in [0.4, 0.5) is 0 Å². The quantitative estimate of drug-likeness (QED) is 0.671. The summed E-state index contributed by atoms with van der Waals surface area (Å²) < 4.78 is 10.4. The van der Waals surface area contributed by atoms with E-state index >= 15 is 0 Å². The van der Waals surface area contributed by atoms with Gasteiger partial charge >= 0.3 is 11.9 Å². The van der Waals surface area contributed by atoms with Gasteiger partial charge in [-0.05, 0) is 75.2 Å². The average molecular weight is 429 g/mol. The summed E-state index contributed by atoms with van der Waals surface area (Å²) in [5, 5.41) is 18.5. The first-order valence-corrected chi connectivity index (χ1v) is 9.08. The Morgan fingerprint density at radius 1 is 0.786 bits per heavy atom. The van der Waals surface area contributed by atoms with Gasteiger partial charge in [0.25, 0.3) is 0 Å². The fourth-order valence-corrected chi connectivity index (χ4v) is 2.43. The number of rotatable bonds is 6. The van der Waals surface area contributed by atoms with E-state index in [0.717, 1.165) is 11.1 Å². The molecule has 2 atom stereocenters. The van der Waals surface area contributed by atoms with Crippen molar-refractivity contribution < 1.29 is 29.3 Å². The van der Waals surface area contributed by atoms with Crippen LogP contribution in [0.1, 0.15) is 25.0 Å². The van der Waals surface area contributed by atoms with E-state index in [-0.39, 0.29) is 0 Å². The van der Waals surface area contributed by atoms with Crippen LogP contribution in [0, 0.1) is 13.8 Å². The van der Waals surface area contributed by atoms with Crippen molar-refractivity contribution in [3.8, 4) is 11.5 Å². The molecule has 28 heavy (non-hydrogen) atoms. The predicted molar refractivity (Wildman–Crippen MR) is 108 cm³/mol. The smallest absolute Gasteiger partial charge is 0.344 e. The van der Waals surface area contributed by atoms with E-state index < -0.39 is 24.1 Å². The monoisotopic (exact) mass is 428 g/mol. The number of hydrogen-bond acceptors (Lipinski definition) is 4. The van der Waals surface area contributed by atoms with Gasteiger partial charge in [-0.25, -0.2) is 9.59 Å². The van der Waals surface area contributed by atoms with Gasteiger partial charge in [0.05, 0.1) is 0 Å². The SMILES string of the molecule is Cc1cc(Cl)ccc1OC(C)C(=O)O.Cc1cc(Cl)ccc1O[C@H](C)C(=O)O. The van der Waals surface area contributed by atoms with Gasteiger partial charge in [0, 0.05) is 10.0 Å². The maximum atomic E-state index is 10.5. The van der Waals surface area contributed by atoms with E-state index in [2.05, 4.69) is 0 Å². The van der Waals surface area contributed by atoms with Crippen molar-refractivity contribution in [1.82, 2.24) is 0 Å². The zero-order valence-electron chi connectivity index (χ0n) is 15.9. The summed E-state index contributed by atoms with van der Waals surface area (Å²) in [4.78, 5) is 21.1. The molecule has 0 aliphatic heterocycles. The second-order valence-corrected chi connectivity index (χ2v) is 6.89. The van der Waals surface area contributed by atoms with Crippen LogP contribution in [0.5, 0.6) is 11.5 Å². The third-order valence-electron chi connectivity index (χ3n) is 3.58. The molecule has 2 N–H and O–H groups in total. The molecule has 0 saturated carbocycles. The van der Waals surface area contributed by atoms with E-state index in [0.29, 0.717) is 21.5 Å². The molecule has 8 heteroatoms. The number of carboxylic acid groups (broad SMARTS) is 2. The van der Waals surface area contributed by atoms with Crippen LogP contribution in [0.3, 0.4) is 0 Å². The van der Waals surface area contributed by atoms with Gasteiger partial charge in [-0.1, -0.05) is 23.2 Å². The van der Waals surface area contributed by atoms with Gasteiger partial charge in [0.15, 0.2) is 12.2 Å². The third kappa shape index (κ3) is 7.66. The highest BCUT2D eigenvalue weighted by Crippen LogP contribution is 2.23. The second kappa shape index (κ2) is 10.8. The highest BCUT2D eigenvalue weighted by Gasteiger charge is 2.14. The van der Waals surface area contributed by atoms with Crippen LogP contribution in [0.15, 0.2) is 36.4 Å². The second-order valence-electron chi connectivity index (χ2n) is 6.02. The minimum atomic E-state index is -0.987. The van der Waals surface area contributed by atoms with Crippen molar-refractivity contribution in [2.24, 2.45) is 0 Å². The lowest BCUT2D eigenvalue weighted by atomic mass is 10.2. The molecule has 2 aromatic carbocycles. The normalized spacial score (nSPS) is 12.2. The molecular weight excluding hydrogens is 407 g/mol. The molecule has 0 heterocycles. The number of halogens is 2. The molecule has 2 rings (SSSR count). The molecule has 152 valence electrons. The summed E-state index contributed by atoms with van der Waals surface area (Å²) in [6, 6.07) is 10.1. The Kier molecular flexibility index (Phi) is 9.09. The predicted octanol–water partition coefficient (Wildman–Crippen LogP) is 5.00. The van der Waals surface area contributed by atoms with Crippen molar-refractivity contribution in [3.63, 3.8) is 0 Å². The van der Waals surface area contributed by atoms with E-state index in [1.54, 1.807) is 36.4 Å². The third-order valence-corrected chi connectivity index (χ3v) is 4.05. The molecule has 0 spiro atoms. The van der Waals surface area contributed by atoms with Crippen LogP contribution in [0.2, 0.25) is 10.0 Å². The maximum absolute atomic E-state index is 10.5. The van der Waals surface area contributed by atoms with Gasteiger partial charge in [-0.2, -0.15) is 0 Å². The molecule has 0 fully saturated rings. The van der Waals surface area contributed by atoms with Crippen LogP contribution in [0.25, 0.3) is 0 Å². The van der Waals surface area contributed by atoms with Crippen molar-refractivity contribution >= 4 is 35.1 Å². The Hall–Kier alpha value is -2.44. The standard InChI is InChI=1S/2C10H11ClO3/c2*1-6-5-8(11)3-4-9(6)14-7(2)10(12)13/h2*3-5,7H,1-2H3,(H,12,13)/t7-;/m1./s1. The lowest BCUT2D eigenvalue weighted by molar-refractivity contribution is -0.145. The Bertz CT molecular complexity index is 768. The lowest BCUT2D eigenvalue weighted by Gasteiger charge is -2.12. The Balaban J connectivity index is 0.000000280. The minimum absolute atomic E-state index is 0.546. The number of hydrogen-bond donors (Lipinski definition) is 2. The van der Waals surface area contributed by atoms with Gasteiger partial charge in [0.1, 0.15) is 11.5 Å². The molecule has 2 aromatic rings. The summed E-state index contributed by atoms with van der Waals surface area (Å²) in [6.07, 6.45) is -1.70. The Morgan fingerprint density at radius 2 is 1.11 bits per heavy atom. The minimum Gasteiger partial charge on any atom is -0.479 e. The number of aryl methyl sites for hydroxylation is 2. The highest BCUT2D eigenvalue weighted by atomic mass is 35.5. The topological polar surface area (TPSA) is 93.1 Å². The zero-order valence-corrected chi connectivity index (χ0v) is 17.4. The van der Waals surface area contributed by atoms with Crippen molar-refractivity contribution in [1.29, 1.82) is 0 Å². The fourth-order valence-electron chi connectivity index (χ4n) is 1.97. The summed E-state index contributed by atoms with van der Waals surface area (Å²) in [6.45, 7) is 6.60. The van der Waals surface area contributed by atoms with Crippen LogP contribution >= 0.6 is 23.2 Å². The average Bonchev–Trinajstić information content (AvgIpc) is 2.60. The van der Waals surface area contributed by atoms with Crippen molar-refractivity contribution in [3.05, 3.63) is 57.6 Å². The van der Waals surface area contributed by atoms with Crippen molar-refractivity contribution in [2.75, 3.05) is 0 Å². The van der Waals surface area contributed by atoms with Crippen LogP contribution < -0.4 is 9.47 Å². The first-order chi connectivity index (χ1) is 13.0. The molecule has 0 radical (unpaired) electrons. The molecule has 0 aliphatic rings. The number of benzene rings is 2. The van der Waals surface area contributed by atoms with Crippen LogP contribution in [-0.2, 0) is 9.59 Å². The summed E-state index contributed by atoms with van der Waals surface area (Å²) in [5.74, 6) is -0.882. The van der Waals surface area contributed by atoms with E-state index in [9.17, 15) is 9.59 Å². The van der Waals surface area contributed by atoms with Gasteiger partial charge in [-0.3, -0.25) is 0 Å². The number of aliphatic carboxylic acids is 2. The first kappa shape index (κ1) is 23.6. The number of carbonyl (C=O) groups is 2. The molecule has 0 saturated heterocycles. The summed E-state index contributed by atoms with van der Waals surface area (Å²) >= 11 is 11.5. The van der Waals surface area contributed by atoms with Gasteiger partial charge in [-0.15, -0.1) is 0 Å². The zero-order chi connectivity index (χ0) is 21.4. The number of carboxylic acids is 2. The maximum Gasteiger partial charge on any atom is 0.344 e. The Labute approximate surface area is 173 Å². The molecular formula is C20H22Cl2O6. The Morgan fingerprint density at radius 3 is 1.36 bits per heavy atom. The largest absolute Gasteiger partial charge is 0.479 e. The van der Waals surface area contributed by atoms with Crippen molar-refractivity contribution in [2.45, 2.75) is 39.9 Å². The number of ether oxygens (including phenoxy) is 2. The summed E-state index contributed by atoms with van der Waals surface area (Å²) in [7, 11) is 0. The molecule has 0 amide bonds. The highest BCUT2D eigenvalue weighted by molar-refractivity contribution is 6.31. The van der Waals surface area contributed by atoms with Gasteiger partial charge < -0.3 is 19.7 Å². The molecule has 1 unspecified atom stereocenters. The van der Waals surface area contributed by atoms with E-state index in [1.807, 2.05) is 13.8 Å². The fraction of sp³-hybridized carbons (Fsp3) is 0.300. The summed E-state index contributed by atoms with van der Waals surface area (Å²) in [5.41, 5.74) is 1.65. The lowest BCUT2D eigenvalue weighted by Crippen LogP contribution is -2.23. The first-order valence-electron chi connectivity index (χ1n) is 8.32. The molecule has 0 aliphatic carbocycles. The van der Waals surface area contributed by atoms with E-state index in [1.165, 1.54) is 13.8 Å². The molecule has 6 nitrogen and oxygen atoms in total. The molecule has 0 aromatic heterocycles. The molecule has 0 bridgehead atoms.